The van der Waals surface area contributed by atoms with Crippen LogP contribution in [0.2, 0.25) is 10.0 Å². The molecule has 2 aromatic rings. The molecule has 0 amide bonds. The third-order valence-corrected chi connectivity index (χ3v) is 4.99. The highest BCUT2D eigenvalue weighted by molar-refractivity contribution is 6.31. The van der Waals surface area contributed by atoms with Gasteiger partial charge in [0.05, 0.1) is 7.11 Å². The van der Waals surface area contributed by atoms with E-state index >= 15 is 0 Å². The maximum atomic E-state index is 6.44. The maximum absolute atomic E-state index is 6.44. The monoisotopic (exact) mass is 425 g/mol. The van der Waals surface area contributed by atoms with Crippen LogP contribution in [-0.4, -0.2) is 26.9 Å². The third-order valence-electron chi connectivity index (χ3n) is 4.27. The zero-order valence-electron chi connectivity index (χ0n) is 16.6. The van der Waals surface area contributed by atoms with E-state index in [1.165, 1.54) is 0 Å². The second kappa shape index (κ2) is 12.9. The second-order valence-electron chi connectivity index (χ2n) is 6.47. The number of halogens is 2. The van der Waals surface area contributed by atoms with E-state index in [4.69, 9.17) is 37.4 Å². The van der Waals surface area contributed by atoms with Crippen molar-refractivity contribution in [3.63, 3.8) is 0 Å². The number of rotatable bonds is 13. The van der Waals surface area contributed by atoms with Crippen molar-refractivity contribution in [3.8, 4) is 11.5 Å². The fourth-order valence-corrected chi connectivity index (χ4v) is 3.04. The van der Waals surface area contributed by atoms with Gasteiger partial charge in [0.2, 0.25) is 0 Å². The molecule has 0 saturated heterocycles. The van der Waals surface area contributed by atoms with Gasteiger partial charge in [-0.15, -0.1) is 0 Å². The molecule has 0 unspecified atom stereocenters. The lowest BCUT2D eigenvalue weighted by atomic mass is 10.2. The van der Waals surface area contributed by atoms with Crippen LogP contribution in [0.15, 0.2) is 36.4 Å². The molecule has 0 aliphatic heterocycles. The zero-order chi connectivity index (χ0) is 20.2. The van der Waals surface area contributed by atoms with Gasteiger partial charge in [-0.05, 0) is 37.1 Å². The Balaban J connectivity index is 1.85. The van der Waals surface area contributed by atoms with Crippen LogP contribution in [0.4, 0.5) is 0 Å². The molecule has 28 heavy (non-hydrogen) atoms. The summed E-state index contributed by atoms with van der Waals surface area (Å²) in [4.78, 5) is 0. The van der Waals surface area contributed by atoms with Crippen LogP contribution in [0, 0.1) is 0 Å². The third kappa shape index (κ3) is 7.51. The minimum atomic E-state index is 0.349. The van der Waals surface area contributed by atoms with Gasteiger partial charge < -0.3 is 19.5 Å². The average Bonchev–Trinajstić information content (AvgIpc) is 2.70. The Labute approximate surface area is 178 Å². The molecule has 0 aliphatic rings. The van der Waals surface area contributed by atoms with Crippen LogP contribution in [-0.2, 0) is 17.9 Å². The quantitative estimate of drug-likeness (QED) is 0.406. The first-order valence-electron chi connectivity index (χ1n) is 9.66. The predicted molar refractivity (Wildman–Crippen MR) is 116 cm³/mol. The molecule has 0 saturated carbocycles. The molecule has 0 fully saturated rings. The lowest BCUT2D eigenvalue weighted by molar-refractivity contribution is 0.129. The van der Waals surface area contributed by atoms with Gasteiger partial charge in [-0.1, -0.05) is 54.7 Å². The van der Waals surface area contributed by atoms with Gasteiger partial charge in [-0.2, -0.15) is 0 Å². The average molecular weight is 426 g/mol. The van der Waals surface area contributed by atoms with Crippen molar-refractivity contribution in [2.75, 3.05) is 26.9 Å². The number of hydrogen-bond donors (Lipinski definition) is 1. The summed E-state index contributed by atoms with van der Waals surface area (Å²) in [6.45, 7) is 5.66. The first-order chi connectivity index (χ1) is 13.7. The summed E-state index contributed by atoms with van der Waals surface area (Å²) in [5.74, 6) is 1.25. The molecule has 1 N–H and O–H groups in total. The second-order valence-corrected chi connectivity index (χ2v) is 7.29. The van der Waals surface area contributed by atoms with Crippen molar-refractivity contribution >= 4 is 23.2 Å². The largest absolute Gasteiger partial charge is 0.493 e. The van der Waals surface area contributed by atoms with Crippen LogP contribution < -0.4 is 14.8 Å². The number of hydrogen-bond acceptors (Lipinski definition) is 4. The number of ether oxygens (including phenoxy) is 3. The Morgan fingerprint density at radius 3 is 2.46 bits per heavy atom. The van der Waals surface area contributed by atoms with Gasteiger partial charge in [0.15, 0.2) is 11.5 Å². The summed E-state index contributed by atoms with van der Waals surface area (Å²) in [6.07, 6.45) is 3.25. The minimum absolute atomic E-state index is 0.349. The molecule has 0 radical (unpaired) electrons. The van der Waals surface area contributed by atoms with E-state index in [-0.39, 0.29) is 0 Å². The van der Waals surface area contributed by atoms with E-state index in [9.17, 15) is 0 Å². The molecule has 2 rings (SSSR count). The van der Waals surface area contributed by atoms with Gasteiger partial charge in [-0.25, -0.2) is 0 Å². The standard InChI is InChI=1S/C22H29Cl2NO3/c1-3-4-11-27-12-7-10-25-15-18-13-21(26-2)22(14-20(18)24)28-16-17-8-5-6-9-19(17)23/h5-6,8-9,13-14,25H,3-4,7,10-12,15-16H2,1-2H3. The van der Waals surface area contributed by atoms with Crippen molar-refractivity contribution < 1.29 is 14.2 Å². The molecule has 0 heterocycles. The smallest absolute Gasteiger partial charge is 0.163 e. The van der Waals surface area contributed by atoms with Gasteiger partial charge in [-0.3, -0.25) is 0 Å². The predicted octanol–water partition coefficient (Wildman–Crippen LogP) is 5.88. The van der Waals surface area contributed by atoms with E-state index in [2.05, 4.69) is 12.2 Å². The van der Waals surface area contributed by atoms with Gasteiger partial charge in [0.1, 0.15) is 6.61 Å². The van der Waals surface area contributed by atoms with E-state index in [1.807, 2.05) is 30.3 Å². The van der Waals surface area contributed by atoms with Gasteiger partial charge >= 0.3 is 0 Å². The van der Waals surface area contributed by atoms with Crippen LogP contribution in [0.25, 0.3) is 0 Å². The van der Waals surface area contributed by atoms with E-state index in [0.717, 1.165) is 50.1 Å². The number of unbranched alkanes of at least 4 members (excludes halogenated alkanes) is 1. The van der Waals surface area contributed by atoms with Crippen molar-refractivity contribution in [2.24, 2.45) is 0 Å². The molecular weight excluding hydrogens is 397 g/mol. The zero-order valence-corrected chi connectivity index (χ0v) is 18.1. The van der Waals surface area contributed by atoms with Crippen molar-refractivity contribution in [2.45, 2.75) is 39.3 Å². The number of methoxy groups -OCH3 is 1. The van der Waals surface area contributed by atoms with Crippen molar-refractivity contribution in [3.05, 3.63) is 57.6 Å². The Kier molecular flexibility index (Phi) is 10.5. The number of benzene rings is 2. The highest BCUT2D eigenvalue weighted by atomic mass is 35.5. The Hall–Kier alpha value is -1.46. The Bertz CT molecular complexity index is 725. The molecule has 4 nitrogen and oxygen atoms in total. The first-order valence-corrected chi connectivity index (χ1v) is 10.4. The SMILES string of the molecule is CCCCOCCCNCc1cc(OC)c(OCc2ccccc2Cl)cc1Cl. The Morgan fingerprint density at radius 2 is 1.71 bits per heavy atom. The minimum Gasteiger partial charge on any atom is -0.493 e. The number of nitrogens with one attached hydrogen (secondary N) is 1. The molecule has 0 bridgehead atoms. The molecule has 0 atom stereocenters. The van der Waals surface area contributed by atoms with E-state index in [1.54, 1.807) is 13.2 Å². The summed E-state index contributed by atoms with van der Waals surface area (Å²) < 4.78 is 16.9. The highest BCUT2D eigenvalue weighted by Gasteiger charge is 2.11. The van der Waals surface area contributed by atoms with Gasteiger partial charge in [0, 0.05) is 41.4 Å². The summed E-state index contributed by atoms with van der Waals surface area (Å²) in [7, 11) is 1.62. The topological polar surface area (TPSA) is 39.7 Å². The molecule has 154 valence electrons. The highest BCUT2D eigenvalue weighted by Crippen LogP contribution is 2.34. The van der Waals surface area contributed by atoms with Crippen LogP contribution in [0.5, 0.6) is 11.5 Å². The van der Waals surface area contributed by atoms with Crippen molar-refractivity contribution in [1.82, 2.24) is 5.32 Å². The molecule has 2 aromatic carbocycles. The summed E-state index contributed by atoms with van der Waals surface area (Å²) >= 11 is 12.6. The summed E-state index contributed by atoms with van der Waals surface area (Å²) in [6, 6.07) is 11.3. The van der Waals surface area contributed by atoms with Crippen LogP contribution in [0.3, 0.4) is 0 Å². The van der Waals surface area contributed by atoms with Crippen LogP contribution in [0.1, 0.15) is 37.3 Å². The maximum Gasteiger partial charge on any atom is 0.163 e. The first kappa shape index (κ1) is 22.8. The fraction of sp³-hybridized carbons (Fsp3) is 0.455. The lowest BCUT2D eigenvalue weighted by Gasteiger charge is -2.15. The lowest BCUT2D eigenvalue weighted by Crippen LogP contribution is -2.17. The molecular formula is C22H29Cl2NO3. The van der Waals surface area contributed by atoms with Gasteiger partial charge in [0.25, 0.3) is 0 Å². The molecule has 0 spiro atoms. The molecule has 6 heteroatoms. The van der Waals surface area contributed by atoms with Crippen LogP contribution >= 0.6 is 23.2 Å². The summed E-state index contributed by atoms with van der Waals surface area (Å²) in [5.41, 5.74) is 1.88. The summed E-state index contributed by atoms with van der Waals surface area (Å²) in [5, 5.41) is 4.70. The Morgan fingerprint density at radius 1 is 0.929 bits per heavy atom. The fourth-order valence-electron chi connectivity index (χ4n) is 2.63. The molecule has 0 aromatic heterocycles. The van der Waals surface area contributed by atoms with E-state index < -0.39 is 0 Å². The van der Waals surface area contributed by atoms with Crippen molar-refractivity contribution in [1.29, 1.82) is 0 Å². The van der Waals surface area contributed by atoms with E-state index in [0.29, 0.717) is 34.7 Å². The molecule has 0 aliphatic carbocycles. The normalized spacial score (nSPS) is 10.9.